The van der Waals surface area contributed by atoms with E-state index in [1.165, 1.54) is 10.6 Å². The number of hydrogen-bond acceptors (Lipinski definition) is 1. The van der Waals surface area contributed by atoms with Gasteiger partial charge in [-0.2, -0.15) is 0 Å². The summed E-state index contributed by atoms with van der Waals surface area (Å²) < 4.78 is 59.2. The molecule has 3 aromatic carbocycles. The maximum atomic E-state index is 12.7. The molecule has 0 aromatic heterocycles. The van der Waals surface area contributed by atoms with Gasteiger partial charge in [0.1, 0.15) is 0 Å². The predicted molar refractivity (Wildman–Crippen MR) is 122 cm³/mol. The van der Waals surface area contributed by atoms with Crippen molar-refractivity contribution in [2.75, 3.05) is 6.16 Å². The van der Waals surface area contributed by atoms with E-state index in [9.17, 15) is 30.0 Å². The van der Waals surface area contributed by atoms with Crippen LogP contribution in [0.1, 0.15) is 22.3 Å². The van der Waals surface area contributed by atoms with Crippen LogP contribution in [0.2, 0.25) is 5.02 Å². The van der Waals surface area contributed by atoms with Crippen LogP contribution in [0.15, 0.2) is 78.9 Å². The minimum Gasteiger partial charge on any atom is -0.294 e. The average Bonchev–Trinajstić information content (AvgIpc) is 2.84. The van der Waals surface area contributed by atoms with E-state index in [0.717, 1.165) is 23.5 Å². The Morgan fingerprint density at radius 1 is 0.750 bits per heavy atom. The molecule has 1 aliphatic heterocycles. The molecule has 0 radical (unpaired) electrons. The monoisotopic (exact) mass is 510 g/mol. The SMILES string of the molecule is F[P-](F)(F)(F)(F)F.O=C1CC[P+](c2ccccc2)(c2ccccc2)Cc2cc(Cl)ccc21. The third-order valence-corrected chi connectivity index (χ3v) is 9.71. The van der Waals surface area contributed by atoms with E-state index < -0.39 is 15.1 Å². The molecule has 0 bridgehead atoms. The summed E-state index contributed by atoms with van der Waals surface area (Å²) in [6, 6.07) is 27.1. The molecule has 0 aliphatic carbocycles. The van der Waals surface area contributed by atoms with Crippen LogP contribution in [-0.2, 0) is 6.16 Å². The van der Waals surface area contributed by atoms with Crippen molar-refractivity contribution in [3.05, 3.63) is 95.0 Å². The Balaban J connectivity index is 0.000000360. The van der Waals surface area contributed by atoms with E-state index in [4.69, 9.17) is 11.6 Å². The first kappa shape index (κ1) is 24.7. The van der Waals surface area contributed by atoms with Crippen LogP contribution in [0.5, 0.6) is 0 Å². The van der Waals surface area contributed by atoms with E-state index >= 15 is 0 Å². The standard InChI is InChI=1S/C22H19ClOP.F6P/c23-18-11-12-21-17(15-18)16-25(14-13-22(21)24,19-7-3-1-4-8-19)20-9-5-2-6-10-20;1-7(2,3,4,5)6/h1-12,15H,13-14,16H2;/q+1;-1. The zero-order valence-electron chi connectivity index (χ0n) is 16.6. The van der Waals surface area contributed by atoms with E-state index in [1.807, 2.05) is 18.2 Å². The number of hydrogen-bond donors (Lipinski definition) is 0. The van der Waals surface area contributed by atoms with Crippen LogP contribution in [0.3, 0.4) is 0 Å². The second-order valence-electron chi connectivity index (χ2n) is 7.45. The van der Waals surface area contributed by atoms with Crippen molar-refractivity contribution in [2.45, 2.75) is 12.6 Å². The minimum atomic E-state index is -10.7. The van der Waals surface area contributed by atoms with Crippen LogP contribution < -0.4 is 10.6 Å². The van der Waals surface area contributed by atoms with E-state index in [2.05, 4.69) is 60.7 Å². The van der Waals surface area contributed by atoms with Gasteiger partial charge in [-0.3, -0.25) is 4.79 Å². The Morgan fingerprint density at radius 2 is 1.22 bits per heavy atom. The van der Waals surface area contributed by atoms with Gasteiger partial charge in [-0.1, -0.05) is 48.0 Å². The molecular weight excluding hydrogens is 492 g/mol. The molecule has 0 unspecified atom stereocenters. The molecule has 0 amide bonds. The van der Waals surface area contributed by atoms with Gasteiger partial charge in [0.15, 0.2) is 5.78 Å². The smallest absolute Gasteiger partial charge is 0.166 e. The average molecular weight is 511 g/mol. The molecule has 0 saturated carbocycles. The third kappa shape index (κ3) is 7.03. The van der Waals surface area contributed by atoms with Crippen molar-refractivity contribution in [1.29, 1.82) is 0 Å². The molecule has 0 saturated heterocycles. The Kier molecular flexibility index (Phi) is 6.27. The molecule has 0 spiro atoms. The summed E-state index contributed by atoms with van der Waals surface area (Å²) in [5.74, 6) is 0.236. The molecule has 1 heterocycles. The van der Waals surface area contributed by atoms with Crippen LogP contribution in [-0.4, -0.2) is 11.9 Å². The quantitative estimate of drug-likeness (QED) is 0.250. The summed E-state index contributed by atoms with van der Waals surface area (Å²) in [5.41, 5.74) is 1.94. The Morgan fingerprint density at radius 3 is 1.69 bits per heavy atom. The second-order valence-corrected chi connectivity index (χ2v) is 13.5. The van der Waals surface area contributed by atoms with Crippen molar-refractivity contribution in [3.8, 4) is 0 Å². The van der Waals surface area contributed by atoms with Gasteiger partial charge in [0.25, 0.3) is 0 Å². The fourth-order valence-electron chi connectivity index (χ4n) is 3.78. The molecule has 4 rings (SSSR count). The van der Waals surface area contributed by atoms with E-state index in [0.29, 0.717) is 11.4 Å². The minimum absolute atomic E-state index is 0.236. The molecule has 0 fully saturated rings. The third-order valence-electron chi connectivity index (χ3n) is 5.03. The fourth-order valence-corrected chi connectivity index (χ4v) is 8.22. The van der Waals surface area contributed by atoms with Gasteiger partial charge in [-0.05, 0) is 42.5 Å². The zero-order valence-corrected chi connectivity index (χ0v) is 19.1. The van der Waals surface area contributed by atoms with E-state index in [-0.39, 0.29) is 5.78 Å². The Labute approximate surface area is 187 Å². The number of halogens is 7. The van der Waals surface area contributed by atoms with Crippen molar-refractivity contribution >= 4 is 43.1 Å². The maximum absolute atomic E-state index is 12.7. The molecule has 1 nitrogen and oxygen atoms in total. The van der Waals surface area contributed by atoms with Crippen molar-refractivity contribution in [1.82, 2.24) is 0 Å². The molecule has 0 atom stereocenters. The first-order valence-corrected chi connectivity index (χ1v) is 14.1. The number of fused-ring (bicyclic) bond motifs is 1. The maximum Gasteiger partial charge on any atom is 0.166 e. The van der Waals surface area contributed by atoms with Gasteiger partial charge < -0.3 is 0 Å². The summed E-state index contributed by atoms with van der Waals surface area (Å²) in [6.07, 6.45) is 2.39. The summed E-state index contributed by atoms with van der Waals surface area (Å²) in [5, 5.41) is 3.43. The zero-order chi connectivity index (χ0) is 23.7. The molecular formula is C22H19ClF6OP2. The number of ketones is 1. The van der Waals surface area contributed by atoms with Gasteiger partial charge in [-0.25, -0.2) is 0 Å². The molecule has 3 aromatic rings. The summed E-state index contributed by atoms with van der Waals surface area (Å²) >= 11 is 6.26. The van der Waals surface area contributed by atoms with E-state index in [1.54, 1.807) is 0 Å². The molecule has 172 valence electrons. The summed E-state index contributed by atoms with van der Waals surface area (Å²) in [4.78, 5) is 12.7. The normalized spacial score (nSPS) is 17.7. The topological polar surface area (TPSA) is 17.1 Å². The van der Waals surface area contributed by atoms with Crippen LogP contribution in [0, 0.1) is 0 Å². The second kappa shape index (κ2) is 8.13. The fraction of sp³-hybridized carbons (Fsp3) is 0.136. The number of carbonyl (C=O) groups is 1. The largest absolute Gasteiger partial charge is 0.294 e. The first-order valence-electron chi connectivity index (χ1n) is 9.50. The van der Waals surface area contributed by atoms with Crippen LogP contribution in [0.4, 0.5) is 25.2 Å². The molecule has 0 N–H and O–H groups in total. The predicted octanol–water partition coefficient (Wildman–Crippen LogP) is 8.48. The van der Waals surface area contributed by atoms with Crippen LogP contribution >= 0.6 is 26.7 Å². The number of rotatable bonds is 2. The van der Waals surface area contributed by atoms with Crippen LogP contribution in [0.25, 0.3) is 0 Å². The Bertz CT molecular complexity index is 1070. The van der Waals surface area contributed by atoms with Gasteiger partial charge in [-0.15, -0.1) is 0 Å². The van der Waals surface area contributed by atoms with Gasteiger partial charge in [0, 0.05) is 22.6 Å². The van der Waals surface area contributed by atoms with Gasteiger partial charge >= 0.3 is 33.0 Å². The summed E-state index contributed by atoms with van der Waals surface area (Å²) in [6.45, 7) is 0. The molecule has 32 heavy (non-hydrogen) atoms. The number of carbonyl (C=O) groups excluding carboxylic acids is 1. The number of benzene rings is 3. The molecule has 1 aliphatic rings. The van der Waals surface area contributed by atoms with Crippen molar-refractivity contribution in [3.63, 3.8) is 0 Å². The Hall–Kier alpha value is -1.94. The van der Waals surface area contributed by atoms with Gasteiger partial charge in [0.05, 0.1) is 30.2 Å². The summed E-state index contributed by atoms with van der Waals surface area (Å²) in [7, 11) is -12.4. The first-order chi connectivity index (χ1) is 14.6. The molecule has 10 heteroatoms. The van der Waals surface area contributed by atoms with Gasteiger partial charge in [0.2, 0.25) is 0 Å². The van der Waals surface area contributed by atoms with Crippen molar-refractivity contribution in [2.24, 2.45) is 0 Å². The number of Topliss-reactive ketones (excluding diaryl/α,β-unsaturated/α-hetero) is 1. The van der Waals surface area contributed by atoms with Crippen molar-refractivity contribution < 1.29 is 30.0 Å².